The molecule has 0 unspecified atom stereocenters. The molecule has 0 aromatic carbocycles. The number of carbonyl (C=O) groups is 2. The van der Waals surface area contributed by atoms with Gasteiger partial charge in [0.05, 0.1) is 22.7 Å². The monoisotopic (exact) mass is 485 g/mol. The molecule has 0 spiro atoms. The lowest BCUT2D eigenvalue weighted by Crippen LogP contribution is -2.09. The van der Waals surface area contributed by atoms with Crippen molar-refractivity contribution in [2.75, 3.05) is 18.5 Å². The summed E-state index contributed by atoms with van der Waals surface area (Å²) >= 11 is 3.98. The first-order valence-corrected chi connectivity index (χ1v) is 12.0. The van der Waals surface area contributed by atoms with Crippen molar-refractivity contribution in [1.82, 2.24) is 4.98 Å². The van der Waals surface area contributed by atoms with Crippen LogP contribution in [0.2, 0.25) is 0 Å². The molecule has 0 fully saturated rings. The minimum Gasteiger partial charge on any atom is -0.462 e. The smallest absolute Gasteiger partial charge is 0.348 e. The summed E-state index contributed by atoms with van der Waals surface area (Å²) in [5.74, 6) is -1.12. The number of ether oxygens (including phenoxy) is 2. The number of hydrogen-bond acceptors (Lipinski definition) is 10. The van der Waals surface area contributed by atoms with Gasteiger partial charge in [0.15, 0.2) is 0 Å². The molecule has 164 valence electrons. The molecular weight excluding hydrogens is 466 g/mol. The Balaban J connectivity index is 1.92. The first kappa shape index (κ1) is 23.4. The van der Waals surface area contributed by atoms with Crippen LogP contribution in [0.5, 0.6) is 0 Å². The summed E-state index contributed by atoms with van der Waals surface area (Å²) in [6.45, 7) is 7.13. The summed E-state index contributed by atoms with van der Waals surface area (Å²) in [4.78, 5) is 30.7. The molecule has 0 bridgehead atoms. The van der Waals surface area contributed by atoms with E-state index in [-0.39, 0.29) is 23.7 Å². The van der Waals surface area contributed by atoms with Crippen molar-refractivity contribution >= 4 is 56.5 Å². The van der Waals surface area contributed by atoms with Gasteiger partial charge in [0, 0.05) is 11.6 Å². The second kappa shape index (κ2) is 10.9. The summed E-state index contributed by atoms with van der Waals surface area (Å²) in [5, 5.41) is 17.4. The van der Waals surface area contributed by atoms with Crippen molar-refractivity contribution in [3.05, 3.63) is 62.8 Å². The Hall–Kier alpha value is -3.26. The molecule has 32 heavy (non-hydrogen) atoms. The minimum atomic E-state index is -0.562. The van der Waals surface area contributed by atoms with Crippen LogP contribution in [0.15, 0.2) is 41.7 Å². The fourth-order valence-electron chi connectivity index (χ4n) is 2.67. The molecule has 0 aliphatic rings. The summed E-state index contributed by atoms with van der Waals surface area (Å²) in [5.41, 5.74) is 1.78. The number of nitrogens with zero attached hydrogens (tertiary/aromatic N) is 2. The maximum absolute atomic E-state index is 12.5. The molecule has 10 heteroatoms. The number of hydrogen-bond donors (Lipinski definition) is 1. The van der Waals surface area contributed by atoms with Crippen molar-refractivity contribution in [2.45, 2.75) is 13.8 Å². The highest BCUT2D eigenvalue weighted by molar-refractivity contribution is 7.18. The average Bonchev–Trinajstić information content (AvgIpc) is 3.53. The summed E-state index contributed by atoms with van der Waals surface area (Å²) in [6.07, 6.45) is 2.94. The molecule has 1 N–H and O–H groups in total. The lowest BCUT2D eigenvalue weighted by atomic mass is 10.1. The van der Waals surface area contributed by atoms with E-state index >= 15 is 0 Å². The van der Waals surface area contributed by atoms with Gasteiger partial charge in [0.1, 0.15) is 33.1 Å². The first-order chi connectivity index (χ1) is 15.5. The molecule has 3 heterocycles. The molecule has 0 aliphatic heterocycles. The zero-order valence-corrected chi connectivity index (χ0v) is 19.8. The zero-order chi connectivity index (χ0) is 23.1. The van der Waals surface area contributed by atoms with Gasteiger partial charge in [-0.2, -0.15) is 5.26 Å². The van der Waals surface area contributed by atoms with Gasteiger partial charge in [-0.25, -0.2) is 14.6 Å². The Labute approximate surface area is 197 Å². The predicted octanol–water partition coefficient (Wildman–Crippen LogP) is 5.74. The molecule has 3 rings (SSSR count). The predicted molar refractivity (Wildman–Crippen MR) is 128 cm³/mol. The van der Waals surface area contributed by atoms with Gasteiger partial charge in [0.25, 0.3) is 0 Å². The fraction of sp³-hybridized carbons (Fsp3) is 0.182. The van der Waals surface area contributed by atoms with E-state index in [0.29, 0.717) is 21.1 Å². The second-order valence-corrected chi connectivity index (χ2v) is 9.02. The van der Waals surface area contributed by atoms with E-state index < -0.39 is 11.9 Å². The van der Waals surface area contributed by atoms with E-state index in [0.717, 1.165) is 21.9 Å². The standard InChI is InChI=1S/C22H19N3O4S3/c1-4-8-29-22(27)18-13(3)17(21(26)28-5-2)20(32-18)24-11-14(10-23)19-25-15(12-31-19)16-7-6-9-30-16/h4,6-7,9,11-12,24H,1,5,8H2,2-3H3/b14-11-. The molecular formula is C22H19N3O4S3. The van der Waals surface area contributed by atoms with Gasteiger partial charge in [-0.3, -0.25) is 0 Å². The second-order valence-electron chi connectivity index (χ2n) is 6.20. The van der Waals surface area contributed by atoms with Crippen molar-refractivity contribution in [1.29, 1.82) is 5.26 Å². The third-order valence-corrected chi connectivity index (χ3v) is 7.09. The van der Waals surface area contributed by atoms with Crippen LogP contribution in [0.1, 0.15) is 37.5 Å². The Kier molecular flexibility index (Phi) is 7.94. The lowest BCUT2D eigenvalue weighted by molar-refractivity contribution is 0.0527. The molecule has 0 radical (unpaired) electrons. The van der Waals surface area contributed by atoms with Crippen molar-refractivity contribution in [3.8, 4) is 16.6 Å². The minimum absolute atomic E-state index is 0.0583. The normalized spacial score (nSPS) is 11.0. The number of thiophene rings is 2. The Bertz CT molecular complexity index is 1200. The number of nitriles is 1. The van der Waals surface area contributed by atoms with E-state index in [9.17, 15) is 14.9 Å². The summed E-state index contributed by atoms with van der Waals surface area (Å²) < 4.78 is 10.3. The van der Waals surface area contributed by atoms with Crippen LogP contribution in [0.25, 0.3) is 16.1 Å². The number of carbonyl (C=O) groups excluding carboxylic acids is 2. The van der Waals surface area contributed by atoms with Gasteiger partial charge in [-0.05, 0) is 30.9 Å². The van der Waals surface area contributed by atoms with Crippen LogP contribution in [0.3, 0.4) is 0 Å². The molecule has 3 aromatic rings. The molecule has 7 nitrogen and oxygen atoms in total. The van der Waals surface area contributed by atoms with Gasteiger partial charge in [-0.1, -0.05) is 18.7 Å². The molecule has 0 aliphatic carbocycles. The zero-order valence-electron chi connectivity index (χ0n) is 17.3. The van der Waals surface area contributed by atoms with Crippen molar-refractivity contribution in [2.24, 2.45) is 0 Å². The molecule has 3 aromatic heterocycles. The highest BCUT2D eigenvalue weighted by atomic mass is 32.1. The van der Waals surface area contributed by atoms with Crippen LogP contribution in [-0.4, -0.2) is 30.1 Å². The number of aromatic nitrogens is 1. The van der Waals surface area contributed by atoms with Crippen LogP contribution in [-0.2, 0) is 9.47 Å². The third kappa shape index (κ3) is 5.13. The van der Waals surface area contributed by atoms with E-state index in [1.807, 2.05) is 22.9 Å². The number of esters is 2. The quantitative estimate of drug-likeness (QED) is 0.234. The van der Waals surface area contributed by atoms with Crippen molar-refractivity contribution < 1.29 is 19.1 Å². The van der Waals surface area contributed by atoms with E-state index in [1.165, 1.54) is 23.6 Å². The molecule has 0 amide bonds. The number of rotatable bonds is 9. The van der Waals surface area contributed by atoms with E-state index in [4.69, 9.17) is 9.47 Å². The molecule has 0 saturated heterocycles. The Morgan fingerprint density at radius 2 is 2.12 bits per heavy atom. The third-order valence-electron chi connectivity index (χ3n) is 4.12. The lowest BCUT2D eigenvalue weighted by Gasteiger charge is -2.05. The maximum Gasteiger partial charge on any atom is 0.348 e. The summed E-state index contributed by atoms with van der Waals surface area (Å²) in [6, 6.07) is 6.03. The number of nitrogens with one attached hydrogen (secondary N) is 1. The first-order valence-electron chi connectivity index (χ1n) is 9.45. The highest BCUT2D eigenvalue weighted by Crippen LogP contribution is 2.35. The van der Waals surface area contributed by atoms with Gasteiger partial charge >= 0.3 is 11.9 Å². The molecule has 0 saturated carbocycles. The van der Waals surface area contributed by atoms with Crippen LogP contribution in [0.4, 0.5) is 5.00 Å². The van der Waals surface area contributed by atoms with Crippen molar-refractivity contribution in [3.63, 3.8) is 0 Å². The van der Waals surface area contributed by atoms with Gasteiger partial charge in [-0.15, -0.1) is 34.0 Å². The van der Waals surface area contributed by atoms with E-state index in [2.05, 4.69) is 22.9 Å². The SMILES string of the molecule is C=CCOC(=O)c1sc(N/C=C(/C#N)c2nc(-c3cccs3)cs2)c(C(=O)OCC)c1C. The van der Waals surface area contributed by atoms with Crippen LogP contribution >= 0.6 is 34.0 Å². The number of allylic oxidation sites excluding steroid dienone is 1. The maximum atomic E-state index is 12.5. The van der Waals surface area contributed by atoms with Gasteiger partial charge in [0.2, 0.25) is 0 Å². The number of anilines is 1. The largest absolute Gasteiger partial charge is 0.462 e. The Morgan fingerprint density at radius 3 is 2.78 bits per heavy atom. The highest BCUT2D eigenvalue weighted by Gasteiger charge is 2.26. The average molecular weight is 486 g/mol. The van der Waals surface area contributed by atoms with E-state index in [1.54, 1.807) is 25.2 Å². The van der Waals surface area contributed by atoms with Gasteiger partial charge < -0.3 is 14.8 Å². The summed E-state index contributed by atoms with van der Waals surface area (Å²) in [7, 11) is 0. The fourth-order valence-corrected chi connectivity index (χ4v) is 5.28. The van der Waals surface area contributed by atoms with Crippen LogP contribution < -0.4 is 5.32 Å². The molecule has 0 atom stereocenters. The Morgan fingerprint density at radius 1 is 1.31 bits per heavy atom. The number of thiazole rings is 1. The van der Waals surface area contributed by atoms with Crippen LogP contribution in [0, 0.1) is 18.3 Å². The topological polar surface area (TPSA) is 101 Å².